The van der Waals surface area contributed by atoms with Crippen molar-refractivity contribution in [1.82, 2.24) is 5.32 Å². The standard InChI is InChI=1S/C19H21NO2S/c1-12(15-8-7-14-5-3-4-6-16(14)11-15)20-19(22)18-10-9-17(23-18)13(2)21/h7-12H,3-6H2,1-2H3,(H,20,22)/t12-/m1/s1. The van der Waals surface area contributed by atoms with Crippen LogP contribution in [0.2, 0.25) is 0 Å². The number of amides is 1. The molecule has 0 fully saturated rings. The number of hydrogen-bond donors (Lipinski definition) is 1. The minimum absolute atomic E-state index is 0.00298. The number of carbonyl (C=O) groups excluding carboxylic acids is 2. The lowest BCUT2D eigenvalue weighted by Crippen LogP contribution is -2.26. The van der Waals surface area contributed by atoms with Gasteiger partial charge in [0.15, 0.2) is 5.78 Å². The molecule has 1 N–H and O–H groups in total. The topological polar surface area (TPSA) is 46.2 Å². The molecular formula is C19H21NO2S. The van der Waals surface area contributed by atoms with Crippen molar-refractivity contribution >= 4 is 23.0 Å². The number of fused-ring (bicyclic) bond motifs is 1. The Hall–Kier alpha value is -1.94. The summed E-state index contributed by atoms with van der Waals surface area (Å²) in [5, 5.41) is 3.03. The predicted molar refractivity (Wildman–Crippen MR) is 93.3 cm³/mol. The Morgan fingerprint density at radius 3 is 2.43 bits per heavy atom. The summed E-state index contributed by atoms with van der Waals surface area (Å²) in [6.07, 6.45) is 4.83. The van der Waals surface area contributed by atoms with E-state index in [2.05, 4.69) is 23.5 Å². The molecule has 0 saturated carbocycles. The number of ketones is 1. The zero-order valence-corrected chi connectivity index (χ0v) is 14.3. The summed E-state index contributed by atoms with van der Waals surface area (Å²) in [4.78, 5) is 24.9. The molecule has 1 aliphatic carbocycles. The Kier molecular flexibility index (Phi) is 4.62. The lowest BCUT2D eigenvalue weighted by Gasteiger charge is -2.20. The summed E-state index contributed by atoms with van der Waals surface area (Å²) < 4.78 is 0. The first-order valence-corrected chi connectivity index (χ1v) is 8.89. The molecule has 0 radical (unpaired) electrons. The molecule has 0 saturated heterocycles. The van der Waals surface area contributed by atoms with Gasteiger partial charge >= 0.3 is 0 Å². The fourth-order valence-electron chi connectivity index (χ4n) is 3.02. The Balaban J connectivity index is 1.71. The van der Waals surface area contributed by atoms with Crippen molar-refractivity contribution in [2.75, 3.05) is 0 Å². The number of Topliss-reactive ketones (excluding diaryl/α,β-unsaturated/α-hetero) is 1. The summed E-state index contributed by atoms with van der Waals surface area (Å²) in [7, 11) is 0. The molecule has 1 aliphatic rings. The van der Waals surface area contributed by atoms with Gasteiger partial charge in [0.1, 0.15) is 0 Å². The van der Waals surface area contributed by atoms with Crippen LogP contribution >= 0.6 is 11.3 Å². The van der Waals surface area contributed by atoms with Crippen molar-refractivity contribution in [3.05, 3.63) is 56.8 Å². The molecule has 120 valence electrons. The average Bonchev–Trinajstić information content (AvgIpc) is 3.04. The number of benzene rings is 1. The maximum absolute atomic E-state index is 12.3. The zero-order valence-electron chi connectivity index (χ0n) is 13.5. The fourth-order valence-corrected chi connectivity index (χ4v) is 3.83. The van der Waals surface area contributed by atoms with E-state index >= 15 is 0 Å². The average molecular weight is 327 g/mol. The SMILES string of the molecule is CC(=O)c1ccc(C(=O)N[C@H](C)c2ccc3c(c2)CCCC3)s1. The van der Waals surface area contributed by atoms with Gasteiger partial charge in [-0.1, -0.05) is 18.2 Å². The van der Waals surface area contributed by atoms with Crippen LogP contribution in [0.4, 0.5) is 0 Å². The molecule has 23 heavy (non-hydrogen) atoms. The van der Waals surface area contributed by atoms with Gasteiger partial charge in [-0.2, -0.15) is 0 Å². The first kappa shape index (κ1) is 15.9. The number of rotatable bonds is 4. The molecule has 1 heterocycles. The number of aryl methyl sites for hydroxylation is 2. The van der Waals surface area contributed by atoms with E-state index in [1.807, 2.05) is 6.92 Å². The second-order valence-electron chi connectivity index (χ2n) is 6.15. The number of nitrogens with one attached hydrogen (secondary N) is 1. The highest BCUT2D eigenvalue weighted by atomic mass is 32.1. The highest BCUT2D eigenvalue weighted by Gasteiger charge is 2.16. The van der Waals surface area contributed by atoms with Crippen molar-refractivity contribution in [1.29, 1.82) is 0 Å². The molecule has 0 aliphatic heterocycles. The third kappa shape index (κ3) is 3.53. The molecule has 4 heteroatoms. The fraction of sp³-hybridized carbons (Fsp3) is 0.368. The van der Waals surface area contributed by atoms with Crippen LogP contribution in [0.1, 0.15) is 68.8 Å². The maximum atomic E-state index is 12.3. The highest BCUT2D eigenvalue weighted by molar-refractivity contribution is 7.15. The molecule has 1 amide bonds. The predicted octanol–water partition coefficient (Wildman–Crippen LogP) is 4.32. The van der Waals surface area contributed by atoms with Crippen LogP contribution in [0.3, 0.4) is 0 Å². The molecule has 3 nitrogen and oxygen atoms in total. The summed E-state index contributed by atoms with van der Waals surface area (Å²) in [6, 6.07) is 9.93. The minimum atomic E-state index is -0.118. The Morgan fingerprint density at radius 1 is 1.04 bits per heavy atom. The van der Waals surface area contributed by atoms with E-state index < -0.39 is 0 Å². The zero-order chi connectivity index (χ0) is 16.4. The van der Waals surface area contributed by atoms with Crippen molar-refractivity contribution in [2.24, 2.45) is 0 Å². The van der Waals surface area contributed by atoms with Crippen LogP contribution in [0.5, 0.6) is 0 Å². The Morgan fingerprint density at radius 2 is 1.74 bits per heavy atom. The first-order valence-electron chi connectivity index (χ1n) is 8.08. The quantitative estimate of drug-likeness (QED) is 0.850. The molecule has 1 aromatic heterocycles. The molecule has 3 rings (SSSR count). The Bertz CT molecular complexity index is 748. The number of carbonyl (C=O) groups is 2. The first-order chi connectivity index (χ1) is 11.0. The second kappa shape index (κ2) is 6.67. The van der Waals surface area contributed by atoms with Crippen molar-refractivity contribution in [3.63, 3.8) is 0 Å². The van der Waals surface area contributed by atoms with Gasteiger partial charge in [-0.3, -0.25) is 9.59 Å². The second-order valence-corrected chi connectivity index (χ2v) is 7.23. The van der Waals surface area contributed by atoms with Crippen LogP contribution in [-0.2, 0) is 12.8 Å². The lowest BCUT2D eigenvalue weighted by molar-refractivity contribution is 0.0943. The number of hydrogen-bond acceptors (Lipinski definition) is 3. The van der Waals surface area contributed by atoms with Crippen molar-refractivity contribution in [2.45, 2.75) is 45.6 Å². The van der Waals surface area contributed by atoms with E-state index in [-0.39, 0.29) is 17.7 Å². The van der Waals surface area contributed by atoms with Crippen LogP contribution in [-0.4, -0.2) is 11.7 Å². The van der Waals surface area contributed by atoms with E-state index in [9.17, 15) is 9.59 Å². The van der Waals surface area contributed by atoms with E-state index in [0.29, 0.717) is 9.75 Å². The molecule has 1 aromatic carbocycles. The van der Waals surface area contributed by atoms with Crippen LogP contribution in [0.25, 0.3) is 0 Å². The monoisotopic (exact) mass is 327 g/mol. The normalized spacial score (nSPS) is 14.9. The number of thiophene rings is 1. The van der Waals surface area contributed by atoms with Gasteiger partial charge in [0.25, 0.3) is 5.91 Å². The lowest BCUT2D eigenvalue weighted by atomic mass is 9.89. The van der Waals surface area contributed by atoms with Crippen LogP contribution in [0.15, 0.2) is 30.3 Å². The molecule has 0 unspecified atom stereocenters. The Labute approximate surface area is 140 Å². The van der Waals surface area contributed by atoms with Crippen molar-refractivity contribution < 1.29 is 9.59 Å². The highest BCUT2D eigenvalue weighted by Crippen LogP contribution is 2.25. The van der Waals surface area contributed by atoms with Gasteiger partial charge < -0.3 is 5.32 Å². The van der Waals surface area contributed by atoms with E-state index in [1.165, 1.54) is 48.6 Å². The summed E-state index contributed by atoms with van der Waals surface area (Å²) in [5.74, 6) is -0.121. The molecule has 0 spiro atoms. The molecule has 0 bridgehead atoms. The smallest absolute Gasteiger partial charge is 0.261 e. The molecular weight excluding hydrogens is 306 g/mol. The third-order valence-corrected chi connectivity index (χ3v) is 5.58. The van der Waals surface area contributed by atoms with Gasteiger partial charge in [0.2, 0.25) is 0 Å². The molecule has 1 atom stereocenters. The largest absolute Gasteiger partial charge is 0.345 e. The van der Waals surface area contributed by atoms with Gasteiger partial charge in [-0.25, -0.2) is 0 Å². The van der Waals surface area contributed by atoms with Crippen LogP contribution < -0.4 is 5.32 Å². The van der Waals surface area contributed by atoms with Gasteiger partial charge in [0.05, 0.1) is 15.8 Å². The van der Waals surface area contributed by atoms with Crippen LogP contribution in [0, 0.1) is 0 Å². The van der Waals surface area contributed by atoms with Gasteiger partial charge in [-0.15, -0.1) is 11.3 Å². The van der Waals surface area contributed by atoms with E-state index in [4.69, 9.17) is 0 Å². The van der Waals surface area contributed by atoms with Gasteiger partial charge in [-0.05, 0) is 68.4 Å². The van der Waals surface area contributed by atoms with E-state index in [0.717, 1.165) is 12.0 Å². The minimum Gasteiger partial charge on any atom is -0.345 e. The summed E-state index contributed by atoms with van der Waals surface area (Å²) in [6.45, 7) is 3.52. The van der Waals surface area contributed by atoms with Gasteiger partial charge in [0, 0.05) is 0 Å². The summed E-state index contributed by atoms with van der Waals surface area (Å²) >= 11 is 1.25. The summed E-state index contributed by atoms with van der Waals surface area (Å²) in [5.41, 5.74) is 4.01. The van der Waals surface area contributed by atoms with E-state index in [1.54, 1.807) is 12.1 Å². The third-order valence-electron chi connectivity index (χ3n) is 4.40. The van der Waals surface area contributed by atoms with Crippen molar-refractivity contribution in [3.8, 4) is 0 Å². The maximum Gasteiger partial charge on any atom is 0.261 e. The molecule has 2 aromatic rings.